The number of sulfonamides is 1. The van der Waals surface area contributed by atoms with Gasteiger partial charge < -0.3 is 9.64 Å². The first-order chi connectivity index (χ1) is 14.2. The van der Waals surface area contributed by atoms with Crippen molar-refractivity contribution in [2.45, 2.75) is 17.7 Å². The lowest BCUT2D eigenvalue weighted by Gasteiger charge is -2.34. The van der Waals surface area contributed by atoms with Crippen LogP contribution in [0.1, 0.15) is 15.9 Å². The van der Waals surface area contributed by atoms with Gasteiger partial charge in [0.2, 0.25) is 10.0 Å². The van der Waals surface area contributed by atoms with Crippen molar-refractivity contribution >= 4 is 15.9 Å². The molecule has 0 saturated carbocycles. The molecule has 1 amide bonds. The van der Waals surface area contributed by atoms with E-state index >= 15 is 0 Å². The summed E-state index contributed by atoms with van der Waals surface area (Å²) < 4.78 is 67.6. The monoisotopic (exact) mass is 442 g/mol. The molecule has 6 nitrogen and oxygen atoms in total. The Morgan fingerprint density at radius 3 is 2.10 bits per heavy atom. The van der Waals surface area contributed by atoms with Gasteiger partial charge in [0.1, 0.15) is 6.61 Å². The Labute approximate surface area is 172 Å². The van der Waals surface area contributed by atoms with Crippen molar-refractivity contribution in [3.63, 3.8) is 0 Å². The number of hydrogen-bond acceptors (Lipinski definition) is 4. The molecule has 0 radical (unpaired) electrons. The molecule has 2 aromatic carbocycles. The van der Waals surface area contributed by atoms with Gasteiger partial charge in [-0.3, -0.25) is 4.79 Å². The van der Waals surface area contributed by atoms with Gasteiger partial charge in [-0.25, -0.2) is 8.42 Å². The predicted molar refractivity (Wildman–Crippen MR) is 103 cm³/mol. The third-order valence-corrected chi connectivity index (χ3v) is 6.56. The molecule has 30 heavy (non-hydrogen) atoms. The van der Waals surface area contributed by atoms with E-state index in [1.54, 1.807) is 35.2 Å². The van der Waals surface area contributed by atoms with E-state index in [2.05, 4.69) is 4.74 Å². The van der Waals surface area contributed by atoms with Crippen LogP contribution in [-0.4, -0.2) is 62.5 Å². The van der Waals surface area contributed by atoms with Crippen molar-refractivity contribution in [1.29, 1.82) is 0 Å². The molecule has 0 unspecified atom stereocenters. The van der Waals surface area contributed by atoms with Gasteiger partial charge in [0.15, 0.2) is 0 Å². The third kappa shape index (κ3) is 5.59. The lowest BCUT2D eigenvalue weighted by Crippen LogP contribution is -2.50. The fourth-order valence-electron chi connectivity index (χ4n) is 3.08. The number of halogens is 3. The molecule has 2 aromatic rings. The minimum Gasteiger partial charge on any atom is -0.367 e. The smallest absolute Gasteiger partial charge is 0.367 e. The van der Waals surface area contributed by atoms with Gasteiger partial charge >= 0.3 is 6.18 Å². The molecular formula is C20H21F3N2O4S. The summed E-state index contributed by atoms with van der Waals surface area (Å²) in [6, 6.07) is 14.3. The number of ether oxygens (including phenoxy) is 1. The van der Waals surface area contributed by atoms with Crippen LogP contribution in [0.5, 0.6) is 0 Å². The summed E-state index contributed by atoms with van der Waals surface area (Å²) in [5.41, 5.74) is 0.906. The number of alkyl halides is 3. The van der Waals surface area contributed by atoms with Crippen LogP contribution in [0.2, 0.25) is 0 Å². The van der Waals surface area contributed by atoms with E-state index in [1.807, 2.05) is 0 Å². The number of nitrogens with zero attached hydrogens (tertiary/aromatic N) is 2. The highest BCUT2D eigenvalue weighted by atomic mass is 32.2. The highest BCUT2D eigenvalue weighted by molar-refractivity contribution is 7.89. The topological polar surface area (TPSA) is 66.9 Å². The van der Waals surface area contributed by atoms with Crippen LogP contribution in [0.25, 0.3) is 0 Å². The first kappa shape index (κ1) is 22.3. The summed E-state index contributed by atoms with van der Waals surface area (Å²) in [5.74, 6) is -0.255. The molecule has 1 fully saturated rings. The Hall–Kier alpha value is -2.43. The average molecular weight is 442 g/mol. The summed E-state index contributed by atoms with van der Waals surface area (Å²) in [6.45, 7) is -0.658. The maximum Gasteiger partial charge on any atom is 0.411 e. The van der Waals surface area contributed by atoms with Gasteiger partial charge in [-0.1, -0.05) is 30.3 Å². The minimum absolute atomic E-state index is 0.187. The molecule has 0 bridgehead atoms. The summed E-state index contributed by atoms with van der Waals surface area (Å²) in [7, 11) is -3.60. The maximum absolute atomic E-state index is 12.7. The van der Waals surface area contributed by atoms with Crippen LogP contribution in [-0.2, 0) is 21.4 Å². The van der Waals surface area contributed by atoms with Gasteiger partial charge in [0, 0.05) is 31.7 Å². The Morgan fingerprint density at radius 1 is 0.933 bits per heavy atom. The Bertz CT molecular complexity index is 956. The predicted octanol–water partition coefficient (Wildman–Crippen LogP) is 2.91. The van der Waals surface area contributed by atoms with E-state index in [0.717, 1.165) is 0 Å². The second-order valence-electron chi connectivity index (χ2n) is 6.81. The summed E-state index contributed by atoms with van der Waals surface area (Å²) in [5, 5.41) is 0. The molecule has 10 heteroatoms. The molecule has 1 saturated heterocycles. The van der Waals surface area contributed by atoms with Crippen LogP contribution in [0.15, 0.2) is 59.5 Å². The molecule has 1 aliphatic rings. The zero-order chi connectivity index (χ0) is 21.8. The first-order valence-electron chi connectivity index (χ1n) is 9.25. The standard InChI is InChI=1S/C20H21F3N2O4S/c21-20(22,23)15-29-14-16-6-8-17(9-7-16)19(26)24-10-12-25(13-11-24)30(27,28)18-4-2-1-3-5-18/h1-9H,10-15H2. The molecule has 3 rings (SSSR count). The summed E-state index contributed by atoms with van der Waals surface area (Å²) in [6.07, 6.45) is -4.38. The van der Waals surface area contributed by atoms with E-state index in [4.69, 9.17) is 0 Å². The second-order valence-corrected chi connectivity index (χ2v) is 8.75. The average Bonchev–Trinajstić information content (AvgIpc) is 2.73. The second kappa shape index (κ2) is 9.15. The molecule has 1 aliphatic heterocycles. The first-order valence-corrected chi connectivity index (χ1v) is 10.7. The molecule has 162 valence electrons. The minimum atomic E-state index is -4.38. The highest BCUT2D eigenvalue weighted by Crippen LogP contribution is 2.19. The van der Waals surface area contributed by atoms with E-state index < -0.39 is 22.8 Å². The Balaban J connectivity index is 1.55. The number of rotatable bonds is 6. The van der Waals surface area contributed by atoms with E-state index in [0.29, 0.717) is 11.1 Å². The number of carbonyl (C=O) groups excluding carboxylic acids is 1. The van der Waals surface area contributed by atoms with Crippen LogP contribution in [0.3, 0.4) is 0 Å². The maximum atomic E-state index is 12.7. The number of amides is 1. The molecule has 0 spiro atoms. The van der Waals surface area contributed by atoms with Gasteiger partial charge in [-0.2, -0.15) is 17.5 Å². The largest absolute Gasteiger partial charge is 0.411 e. The lowest BCUT2D eigenvalue weighted by molar-refractivity contribution is -0.176. The van der Waals surface area contributed by atoms with Gasteiger partial charge in [0.05, 0.1) is 11.5 Å². The lowest BCUT2D eigenvalue weighted by atomic mass is 10.1. The van der Waals surface area contributed by atoms with E-state index in [1.165, 1.54) is 28.6 Å². The molecule has 0 atom stereocenters. The van der Waals surface area contributed by atoms with Crippen molar-refractivity contribution in [3.05, 3.63) is 65.7 Å². The fourth-order valence-corrected chi connectivity index (χ4v) is 4.53. The van der Waals surface area contributed by atoms with Crippen molar-refractivity contribution in [1.82, 2.24) is 9.21 Å². The summed E-state index contributed by atoms with van der Waals surface area (Å²) in [4.78, 5) is 14.4. The summed E-state index contributed by atoms with van der Waals surface area (Å²) >= 11 is 0. The van der Waals surface area contributed by atoms with Crippen LogP contribution >= 0.6 is 0 Å². The Kier molecular flexibility index (Phi) is 6.79. The van der Waals surface area contributed by atoms with Crippen molar-refractivity contribution in [2.24, 2.45) is 0 Å². The SMILES string of the molecule is O=C(c1ccc(COCC(F)(F)F)cc1)N1CCN(S(=O)(=O)c2ccccc2)CC1. The number of benzene rings is 2. The van der Waals surface area contributed by atoms with Crippen molar-refractivity contribution < 1.29 is 31.1 Å². The van der Waals surface area contributed by atoms with E-state index in [-0.39, 0.29) is 43.6 Å². The molecule has 0 aliphatic carbocycles. The van der Waals surface area contributed by atoms with Crippen LogP contribution in [0, 0.1) is 0 Å². The molecule has 1 heterocycles. The van der Waals surface area contributed by atoms with Crippen LogP contribution < -0.4 is 0 Å². The zero-order valence-electron chi connectivity index (χ0n) is 16.0. The number of carbonyl (C=O) groups is 1. The Morgan fingerprint density at radius 2 is 1.53 bits per heavy atom. The van der Waals surface area contributed by atoms with Gasteiger partial charge in [0.25, 0.3) is 5.91 Å². The third-order valence-electron chi connectivity index (χ3n) is 4.64. The molecular weight excluding hydrogens is 421 g/mol. The van der Waals surface area contributed by atoms with Crippen LogP contribution in [0.4, 0.5) is 13.2 Å². The van der Waals surface area contributed by atoms with Crippen molar-refractivity contribution in [3.8, 4) is 0 Å². The quantitative estimate of drug-likeness (QED) is 0.690. The normalized spacial score (nSPS) is 15.9. The van der Waals surface area contributed by atoms with Gasteiger partial charge in [-0.05, 0) is 29.8 Å². The molecule has 0 aromatic heterocycles. The zero-order valence-corrected chi connectivity index (χ0v) is 16.8. The van der Waals surface area contributed by atoms with Gasteiger partial charge in [-0.15, -0.1) is 0 Å². The van der Waals surface area contributed by atoms with Crippen molar-refractivity contribution in [2.75, 3.05) is 32.8 Å². The highest BCUT2D eigenvalue weighted by Gasteiger charge is 2.30. The molecule has 0 N–H and O–H groups in total. The van der Waals surface area contributed by atoms with E-state index in [9.17, 15) is 26.4 Å². The number of piperazine rings is 1. The number of hydrogen-bond donors (Lipinski definition) is 0. The fraction of sp³-hybridized carbons (Fsp3) is 0.350.